The topological polar surface area (TPSA) is 28.7 Å². The van der Waals surface area contributed by atoms with Crippen molar-refractivity contribution in [3.05, 3.63) is 64.7 Å². The van der Waals surface area contributed by atoms with Gasteiger partial charge in [0.1, 0.15) is 0 Å². The Labute approximate surface area is 131 Å². The molecule has 2 nitrogen and oxygen atoms in total. The molecule has 3 aromatic heterocycles. The monoisotopic (exact) mass is 310 g/mol. The van der Waals surface area contributed by atoms with Crippen LogP contribution in [-0.2, 0) is 0 Å². The summed E-state index contributed by atoms with van der Waals surface area (Å²) in [5.41, 5.74) is 5.63. The van der Waals surface area contributed by atoms with Gasteiger partial charge >= 0.3 is 0 Å². The van der Waals surface area contributed by atoms with Crippen LogP contribution < -0.4 is 0 Å². The van der Waals surface area contributed by atoms with Gasteiger partial charge in [-0.2, -0.15) is 11.3 Å². The van der Waals surface area contributed by atoms with E-state index in [1.165, 1.54) is 5.56 Å². The molecule has 4 aromatic rings. The van der Waals surface area contributed by atoms with Gasteiger partial charge in [0.25, 0.3) is 0 Å². The maximum atomic E-state index is 6.04. The van der Waals surface area contributed by atoms with Crippen molar-refractivity contribution in [3.63, 3.8) is 0 Å². The summed E-state index contributed by atoms with van der Waals surface area (Å²) in [6.45, 7) is 0. The van der Waals surface area contributed by atoms with E-state index in [-0.39, 0.29) is 0 Å². The summed E-state index contributed by atoms with van der Waals surface area (Å²) in [6, 6.07) is 10.2. The van der Waals surface area contributed by atoms with E-state index in [2.05, 4.69) is 32.9 Å². The first-order valence-corrected chi connectivity index (χ1v) is 7.88. The SMILES string of the molecule is Clc1ccc2c(-c3cncc(-c4ccsc4)c3)c[nH]c2c1. The van der Waals surface area contributed by atoms with Crippen molar-refractivity contribution in [1.29, 1.82) is 0 Å². The summed E-state index contributed by atoms with van der Waals surface area (Å²) in [4.78, 5) is 7.66. The molecule has 0 aliphatic heterocycles. The highest BCUT2D eigenvalue weighted by atomic mass is 35.5. The third kappa shape index (κ3) is 2.24. The minimum atomic E-state index is 0.737. The number of hydrogen-bond donors (Lipinski definition) is 1. The van der Waals surface area contributed by atoms with Gasteiger partial charge in [0.15, 0.2) is 0 Å². The molecule has 0 fully saturated rings. The van der Waals surface area contributed by atoms with Gasteiger partial charge in [-0.1, -0.05) is 17.7 Å². The Kier molecular flexibility index (Phi) is 3.02. The van der Waals surface area contributed by atoms with Gasteiger partial charge in [-0.15, -0.1) is 0 Å². The maximum absolute atomic E-state index is 6.04. The van der Waals surface area contributed by atoms with E-state index < -0.39 is 0 Å². The molecule has 0 radical (unpaired) electrons. The Hall–Kier alpha value is -2.10. The van der Waals surface area contributed by atoms with Crippen molar-refractivity contribution in [2.45, 2.75) is 0 Å². The van der Waals surface area contributed by atoms with Crippen LogP contribution in [0.3, 0.4) is 0 Å². The fourth-order valence-corrected chi connectivity index (χ4v) is 3.35. The number of halogens is 1. The highest BCUT2D eigenvalue weighted by Crippen LogP contribution is 2.32. The molecule has 0 atom stereocenters. The summed E-state index contributed by atoms with van der Waals surface area (Å²) in [6.07, 6.45) is 5.81. The van der Waals surface area contributed by atoms with Crippen molar-refractivity contribution >= 4 is 33.8 Å². The normalized spacial score (nSPS) is 11.1. The molecule has 21 heavy (non-hydrogen) atoms. The summed E-state index contributed by atoms with van der Waals surface area (Å²) in [5.74, 6) is 0. The quantitative estimate of drug-likeness (QED) is 0.512. The Morgan fingerprint density at radius 3 is 2.76 bits per heavy atom. The van der Waals surface area contributed by atoms with E-state index >= 15 is 0 Å². The number of rotatable bonds is 2. The minimum Gasteiger partial charge on any atom is -0.360 e. The summed E-state index contributed by atoms with van der Waals surface area (Å²) < 4.78 is 0. The summed E-state index contributed by atoms with van der Waals surface area (Å²) in [5, 5.41) is 6.11. The second-order valence-corrected chi connectivity index (χ2v) is 6.08. The van der Waals surface area contributed by atoms with Gasteiger partial charge in [0.2, 0.25) is 0 Å². The zero-order valence-corrected chi connectivity index (χ0v) is 12.6. The van der Waals surface area contributed by atoms with Crippen molar-refractivity contribution in [1.82, 2.24) is 9.97 Å². The van der Waals surface area contributed by atoms with Crippen molar-refractivity contribution in [3.8, 4) is 22.3 Å². The van der Waals surface area contributed by atoms with Gasteiger partial charge < -0.3 is 4.98 Å². The molecule has 0 saturated heterocycles. The van der Waals surface area contributed by atoms with E-state index in [1.54, 1.807) is 11.3 Å². The molecule has 1 aromatic carbocycles. The zero-order valence-electron chi connectivity index (χ0n) is 11.0. The number of nitrogens with zero attached hydrogens (tertiary/aromatic N) is 1. The number of hydrogen-bond acceptors (Lipinski definition) is 2. The molecular weight excluding hydrogens is 300 g/mol. The largest absolute Gasteiger partial charge is 0.360 e. The van der Waals surface area contributed by atoms with E-state index in [4.69, 9.17) is 11.6 Å². The second kappa shape index (κ2) is 5.02. The molecule has 0 aliphatic carbocycles. The van der Waals surface area contributed by atoms with E-state index in [9.17, 15) is 0 Å². The first kappa shape index (κ1) is 12.6. The first-order chi connectivity index (χ1) is 10.3. The lowest BCUT2D eigenvalue weighted by atomic mass is 10.0. The third-order valence-corrected chi connectivity index (χ3v) is 4.47. The van der Waals surface area contributed by atoms with Gasteiger partial charge in [0.05, 0.1) is 0 Å². The first-order valence-electron chi connectivity index (χ1n) is 6.56. The van der Waals surface area contributed by atoms with E-state index in [0.717, 1.165) is 32.6 Å². The number of fused-ring (bicyclic) bond motifs is 1. The maximum Gasteiger partial charge on any atom is 0.0475 e. The van der Waals surface area contributed by atoms with Crippen LogP contribution >= 0.6 is 22.9 Å². The average Bonchev–Trinajstić information content (AvgIpc) is 3.16. The molecule has 0 unspecified atom stereocenters. The Morgan fingerprint density at radius 1 is 1.00 bits per heavy atom. The van der Waals surface area contributed by atoms with Crippen LogP contribution in [0.2, 0.25) is 5.02 Å². The molecule has 3 heterocycles. The van der Waals surface area contributed by atoms with Gasteiger partial charge in [0, 0.05) is 51.2 Å². The Balaban J connectivity index is 1.87. The van der Waals surface area contributed by atoms with Crippen LogP contribution in [0.5, 0.6) is 0 Å². The highest BCUT2D eigenvalue weighted by molar-refractivity contribution is 7.08. The number of pyridine rings is 1. The van der Waals surface area contributed by atoms with Gasteiger partial charge in [-0.3, -0.25) is 4.98 Å². The van der Waals surface area contributed by atoms with Crippen molar-refractivity contribution in [2.24, 2.45) is 0 Å². The molecular formula is C17H11ClN2S. The smallest absolute Gasteiger partial charge is 0.0475 e. The fourth-order valence-electron chi connectivity index (χ4n) is 2.51. The molecule has 0 amide bonds. The Bertz CT molecular complexity index is 910. The number of H-pyrrole nitrogens is 1. The number of nitrogens with one attached hydrogen (secondary N) is 1. The second-order valence-electron chi connectivity index (χ2n) is 4.87. The molecule has 1 N–H and O–H groups in total. The number of benzene rings is 1. The third-order valence-electron chi connectivity index (χ3n) is 3.55. The van der Waals surface area contributed by atoms with Gasteiger partial charge in [-0.25, -0.2) is 0 Å². The predicted molar refractivity (Wildman–Crippen MR) is 89.9 cm³/mol. The summed E-state index contributed by atoms with van der Waals surface area (Å²) >= 11 is 7.73. The summed E-state index contributed by atoms with van der Waals surface area (Å²) in [7, 11) is 0. The van der Waals surface area contributed by atoms with E-state index in [0.29, 0.717) is 0 Å². The number of aromatic amines is 1. The standard InChI is InChI=1S/C17H11ClN2S/c18-14-1-2-15-16(9-20-17(15)6-14)13-5-12(7-19-8-13)11-3-4-21-10-11/h1-10,20H. The average molecular weight is 311 g/mol. The zero-order chi connectivity index (χ0) is 14.2. The van der Waals surface area contributed by atoms with Crippen molar-refractivity contribution < 1.29 is 0 Å². The molecule has 4 rings (SSSR count). The van der Waals surface area contributed by atoms with Crippen LogP contribution in [-0.4, -0.2) is 9.97 Å². The van der Waals surface area contributed by atoms with Crippen molar-refractivity contribution in [2.75, 3.05) is 0 Å². The van der Waals surface area contributed by atoms with Crippen LogP contribution in [0.15, 0.2) is 59.7 Å². The van der Waals surface area contributed by atoms with E-state index in [1.807, 2.05) is 36.8 Å². The lowest BCUT2D eigenvalue weighted by Gasteiger charge is -2.03. The Morgan fingerprint density at radius 2 is 1.90 bits per heavy atom. The molecule has 102 valence electrons. The number of thiophene rings is 1. The predicted octanol–water partition coefficient (Wildman–Crippen LogP) is 5.61. The fraction of sp³-hybridized carbons (Fsp3) is 0. The van der Waals surface area contributed by atoms with Crippen LogP contribution in [0.1, 0.15) is 0 Å². The molecule has 0 spiro atoms. The minimum absolute atomic E-state index is 0.737. The van der Waals surface area contributed by atoms with Crippen LogP contribution in [0.4, 0.5) is 0 Å². The molecule has 0 aliphatic rings. The molecule has 4 heteroatoms. The lowest BCUT2D eigenvalue weighted by molar-refractivity contribution is 1.33. The molecule has 0 saturated carbocycles. The highest BCUT2D eigenvalue weighted by Gasteiger charge is 2.08. The van der Waals surface area contributed by atoms with Crippen LogP contribution in [0.25, 0.3) is 33.2 Å². The van der Waals surface area contributed by atoms with Crippen LogP contribution in [0, 0.1) is 0 Å². The lowest BCUT2D eigenvalue weighted by Crippen LogP contribution is -1.82. The van der Waals surface area contributed by atoms with Gasteiger partial charge in [-0.05, 0) is 40.6 Å². The number of aromatic nitrogens is 2. The molecule has 0 bridgehead atoms.